The molecule has 0 bridgehead atoms. The van der Waals surface area contributed by atoms with Gasteiger partial charge >= 0.3 is 12.1 Å². The first-order chi connectivity index (χ1) is 11.5. The minimum Gasteiger partial charge on any atom is -0.465 e. The Morgan fingerprint density at radius 1 is 1.16 bits per heavy atom. The van der Waals surface area contributed by atoms with Crippen molar-refractivity contribution < 1.29 is 22.7 Å². The summed E-state index contributed by atoms with van der Waals surface area (Å²) in [5.41, 5.74) is 0.650. The van der Waals surface area contributed by atoms with Crippen molar-refractivity contribution in [3.63, 3.8) is 0 Å². The van der Waals surface area contributed by atoms with E-state index in [4.69, 9.17) is 6.57 Å². The van der Waals surface area contributed by atoms with Crippen LogP contribution in [0.15, 0.2) is 24.3 Å². The molecular formula is C18H16F3NO2S. The monoisotopic (exact) mass is 367 g/mol. The van der Waals surface area contributed by atoms with E-state index in [1.165, 1.54) is 0 Å². The van der Waals surface area contributed by atoms with E-state index < -0.39 is 22.7 Å². The van der Waals surface area contributed by atoms with Gasteiger partial charge in [0.1, 0.15) is 9.75 Å². The number of methoxy groups -OCH3 is 1. The van der Waals surface area contributed by atoms with Crippen LogP contribution in [-0.4, -0.2) is 13.1 Å². The number of carbonyl (C=O) groups is 1. The lowest BCUT2D eigenvalue weighted by molar-refractivity contribution is -0.133. The van der Waals surface area contributed by atoms with Crippen LogP contribution in [0.5, 0.6) is 0 Å². The lowest BCUT2D eigenvalue weighted by Gasteiger charge is -2.19. The second kappa shape index (κ2) is 6.52. The number of esters is 1. The van der Waals surface area contributed by atoms with Crippen molar-refractivity contribution in [1.82, 2.24) is 0 Å². The SMILES string of the molecule is [C-]#[N+]c1c(C(F)(F)F)sc(C(=O)OC)c1-c1ccc(C(C)(C)C)cc1. The number of thiophene rings is 1. The zero-order valence-corrected chi connectivity index (χ0v) is 14.9. The smallest absolute Gasteiger partial charge is 0.416 e. The molecule has 0 aliphatic heterocycles. The third-order valence-electron chi connectivity index (χ3n) is 3.66. The molecule has 0 spiro atoms. The maximum atomic E-state index is 13.2. The van der Waals surface area contributed by atoms with E-state index in [1.807, 2.05) is 20.8 Å². The first-order valence-corrected chi connectivity index (χ1v) is 8.13. The number of rotatable bonds is 2. The normalized spacial score (nSPS) is 11.9. The van der Waals surface area contributed by atoms with E-state index in [0.29, 0.717) is 5.56 Å². The van der Waals surface area contributed by atoms with Crippen molar-refractivity contribution in [2.24, 2.45) is 0 Å². The highest BCUT2D eigenvalue weighted by Gasteiger charge is 2.40. The average Bonchev–Trinajstić information content (AvgIpc) is 2.93. The predicted octanol–water partition coefficient (Wildman–Crippen LogP) is 6.07. The van der Waals surface area contributed by atoms with Gasteiger partial charge in [-0.1, -0.05) is 45.0 Å². The van der Waals surface area contributed by atoms with Gasteiger partial charge in [0.25, 0.3) is 0 Å². The average molecular weight is 367 g/mol. The molecule has 0 saturated carbocycles. The number of benzene rings is 1. The Bertz CT molecular complexity index is 837. The number of hydrogen-bond donors (Lipinski definition) is 0. The van der Waals surface area contributed by atoms with Gasteiger partial charge in [0.15, 0.2) is 0 Å². The summed E-state index contributed by atoms with van der Waals surface area (Å²) in [5, 5.41) is 0. The predicted molar refractivity (Wildman–Crippen MR) is 91.1 cm³/mol. The fraction of sp³-hybridized carbons (Fsp3) is 0.333. The molecule has 132 valence electrons. The van der Waals surface area contributed by atoms with Gasteiger partial charge < -0.3 is 4.74 Å². The zero-order chi connectivity index (χ0) is 19.0. The molecule has 0 aliphatic rings. The molecule has 0 atom stereocenters. The van der Waals surface area contributed by atoms with Crippen molar-refractivity contribution in [2.75, 3.05) is 7.11 Å². The summed E-state index contributed by atoms with van der Waals surface area (Å²) < 4.78 is 44.3. The van der Waals surface area contributed by atoms with Gasteiger partial charge in [-0.3, -0.25) is 0 Å². The second-order valence-corrected chi connectivity index (χ2v) is 7.43. The van der Waals surface area contributed by atoms with Gasteiger partial charge in [-0.15, -0.1) is 11.3 Å². The van der Waals surface area contributed by atoms with Crippen molar-refractivity contribution >= 4 is 23.0 Å². The third-order valence-corrected chi connectivity index (χ3v) is 4.87. The molecule has 0 fully saturated rings. The number of hydrogen-bond acceptors (Lipinski definition) is 3. The number of nitrogens with zero attached hydrogens (tertiary/aromatic N) is 1. The van der Waals surface area contributed by atoms with Crippen LogP contribution in [0.4, 0.5) is 18.9 Å². The molecule has 0 saturated heterocycles. The van der Waals surface area contributed by atoms with E-state index in [9.17, 15) is 18.0 Å². The van der Waals surface area contributed by atoms with E-state index in [2.05, 4.69) is 9.58 Å². The van der Waals surface area contributed by atoms with Crippen LogP contribution in [-0.2, 0) is 16.3 Å². The van der Waals surface area contributed by atoms with E-state index >= 15 is 0 Å². The Labute approximate surface area is 147 Å². The third kappa shape index (κ3) is 3.69. The minimum absolute atomic E-state index is 0.0281. The van der Waals surface area contributed by atoms with Crippen LogP contribution >= 0.6 is 11.3 Å². The highest BCUT2D eigenvalue weighted by Crippen LogP contribution is 2.50. The Hall–Kier alpha value is -2.33. The van der Waals surface area contributed by atoms with Crippen molar-refractivity contribution in [1.29, 1.82) is 0 Å². The summed E-state index contributed by atoms with van der Waals surface area (Å²) in [4.78, 5) is 13.7. The van der Waals surface area contributed by atoms with Crippen LogP contribution in [0, 0.1) is 6.57 Å². The van der Waals surface area contributed by atoms with Crippen molar-refractivity contribution in [3.8, 4) is 11.1 Å². The van der Waals surface area contributed by atoms with E-state index in [0.717, 1.165) is 12.7 Å². The molecule has 2 rings (SSSR count). The topological polar surface area (TPSA) is 30.7 Å². The Kier molecular flexibility index (Phi) is 4.96. The molecule has 0 aliphatic carbocycles. The number of halogens is 3. The number of alkyl halides is 3. The summed E-state index contributed by atoms with van der Waals surface area (Å²) in [6.45, 7) is 13.2. The fourth-order valence-electron chi connectivity index (χ4n) is 2.36. The molecule has 7 heteroatoms. The van der Waals surface area contributed by atoms with Crippen molar-refractivity contribution in [2.45, 2.75) is 32.4 Å². The molecule has 0 radical (unpaired) electrons. The number of ether oxygens (including phenoxy) is 1. The maximum Gasteiger partial charge on any atom is 0.416 e. The van der Waals surface area contributed by atoms with Crippen LogP contribution < -0.4 is 0 Å². The molecule has 0 unspecified atom stereocenters. The van der Waals surface area contributed by atoms with Gasteiger partial charge in [0.2, 0.25) is 5.69 Å². The second-order valence-electron chi connectivity index (χ2n) is 6.41. The summed E-state index contributed by atoms with van der Waals surface area (Å²) in [7, 11) is 1.10. The molecule has 0 N–H and O–H groups in total. The Balaban J connectivity index is 2.73. The molecule has 1 aromatic carbocycles. The Morgan fingerprint density at radius 3 is 2.12 bits per heavy atom. The highest BCUT2D eigenvalue weighted by atomic mass is 32.1. The van der Waals surface area contributed by atoms with Gasteiger partial charge in [-0.25, -0.2) is 9.64 Å². The van der Waals surface area contributed by atoms with Crippen molar-refractivity contribution in [3.05, 3.63) is 51.0 Å². The van der Waals surface area contributed by atoms with Crippen LogP contribution in [0.3, 0.4) is 0 Å². The summed E-state index contributed by atoms with van der Waals surface area (Å²) in [6.07, 6.45) is -4.71. The Morgan fingerprint density at radius 2 is 1.72 bits per heavy atom. The molecule has 25 heavy (non-hydrogen) atoms. The van der Waals surface area contributed by atoms with Gasteiger partial charge in [-0.2, -0.15) is 13.2 Å². The highest BCUT2D eigenvalue weighted by molar-refractivity contribution is 7.15. The van der Waals surface area contributed by atoms with Crippen LogP contribution in [0.1, 0.15) is 40.9 Å². The fourth-order valence-corrected chi connectivity index (χ4v) is 3.41. The van der Waals surface area contributed by atoms with E-state index in [-0.39, 0.29) is 27.2 Å². The zero-order valence-electron chi connectivity index (χ0n) is 14.1. The maximum absolute atomic E-state index is 13.2. The summed E-state index contributed by atoms with van der Waals surface area (Å²) in [5.74, 6) is -0.889. The molecule has 3 nitrogen and oxygen atoms in total. The molecule has 2 aromatic rings. The summed E-state index contributed by atoms with van der Waals surface area (Å²) >= 11 is 0.242. The molecule has 1 heterocycles. The standard InChI is InChI=1S/C18H16F3NO2S/c1-17(2,3)11-8-6-10(7-9-11)12-13(22-4)15(18(19,20)21)25-14(12)16(23)24-5/h6-9H,1-3,5H3. The lowest BCUT2D eigenvalue weighted by atomic mass is 9.86. The first kappa shape index (κ1) is 19.0. The summed E-state index contributed by atoms with van der Waals surface area (Å²) in [6, 6.07) is 6.83. The van der Waals surface area contributed by atoms with Gasteiger partial charge in [0, 0.05) is 5.56 Å². The molecule has 1 aromatic heterocycles. The van der Waals surface area contributed by atoms with Gasteiger partial charge in [-0.05, 0) is 16.5 Å². The van der Waals surface area contributed by atoms with Crippen LogP contribution in [0.2, 0.25) is 0 Å². The van der Waals surface area contributed by atoms with Crippen LogP contribution in [0.25, 0.3) is 16.0 Å². The lowest BCUT2D eigenvalue weighted by Crippen LogP contribution is -2.10. The minimum atomic E-state index is -4.71. The largest absolute Gasteiger partial charge is 0.465 e. The first-order valence-electron chi connectivity index (χ1n) is 7.31. The molecule has 0 amide bonds. The molecular weight excluding hydrogens is 351 g/mol. The quantitative estimate of drug-likeness (QED) is 0.476. The van der Waals surface area contributed by atoms with E-state index in [1.54, 1.807) is 24.3 Å². The van der Waals surface area contributed by atoms with Gasteiger partial charge in [0.05, 0.1) is 13.7 Å². The number of carbonyl (C=O) groups excluding carboxylic acids is 1.